The van der Waals surface area contributed by atoms with Crippen molar-refractivity contribution in [3.63, 3.8) is 0 Å². The Morgan fingerprint density at radius 1 is 1.12 bits per heavy atom. The van der Waals surface area contributed by atoms with Crippen LogP contribution in [0.1, 0.15) is 71.4 Å². The van der Waals surface area contributed by atoms with Crippen LogP contribution in [0.2, 0.25) is 36.8 Å². The monoisotopic (exact) mass is 381 g/mol. The maximum Gasteiger partial charge on any atom is 0.181 e. The van der Waals surface area contributed by atoms with Gasteiger partial charge in [-0.15, -0.1) is 5.10 Å². The first kappa shape index (κ1) is 20.8. The minimum Gasteiger partial charge on any atom is -0.455 e. The molecule has 144 valence electrons. The van der Waals surface area contributed by atoms with Gasteiger partial charge in [0.1, 0.15) is 0 Å². The summed E-state index contributed by atoms with van der Waals surface area (Å²) in [6, 6.07) is 1.20. The number of nitrogens with zero attached hydrogens (tertiary/aromatic N) is 3. The van der Waals surface area contributed by atoms with Crippen molar-refractivity contribution >= 4 is 16.6 Å². The lowest BCUT2D eigenvalue weighted by atomic mass is 10.1. The van der Waals surface area contributed by atoms with Gasteiger partial charge >= 0.3 is 0 Å². The fourth-order valence-corrected chi connectivity index (χ4v) is 13.4. The van der Waals surface area contributed by atoms with E-state index >= 15 is 0 Å². The summed E-state index contributed by atoms with van der Waals surface area (Å²) in [4.78, 5) is 0. The molecule has 25 heavy (non-hydrogen) atoms. The Bertz CT molecular complexity index is 529. The Morgan fingerprint density at radius 3 is 2.28 bits per heavy atom. The normalized spacial score (nSPS) is 17.2. The summed E-state index contributed by atoms with van der Waals surface area (Å²) in [5, 5.41) is 8.78. The fourth-order valence-electron chi connectivity index (χ4n) is 4.05. The van der Waals surface area contributed by atoms with E-state index in [1.54, 1.807) is 0 Å². The highest BCUT2D eigenvalue weighted by atomic mass is 28.4. The predicted octanol–water partition coefficient (Wildman–Crippen LogP) is 5.94. The second kappa shape index (κ2) is 8.48. The molecule has 1 fully saturated rings. The maximum atomic E-state index is 6.91. The molecule has 0 N–H and O–H groups in total. The molecular formula is C19H39N3OSi2. The van der Waals surface area contributed by atoms with E-state index in [0.717, 1.165) is 13.0 Å². The van der Waals surface area contributed by atoms with Gasteiger partial charge < -0.3 is 4.12 Å². The maximum absolute atomic E-state index is 6.91. The molecule has 1 heterocycles. The lowest BCUT2D eigenvalue weighted by Crippen LogP contribution is -2.50. The molecule has 4 nitrogen and oxygen atoms in total. The van der Waals surface area contributed by atoms with Crippen LogP contribution in [-0.4, -0.2) is 31.6 Å². The zero-order chi connectivity index (χ0) is 18.7. The third-order valence-corrected chi connectivity index (χ3v) is 16.4. The summed E-state index contributed by atoms with van der Waals surface area (Å²) in [6.45, 7) is 17.6. The van der Waals surface area contributed by atoms with E-state index in [1.165, 1.54) is 37.4 Å². The quantitative estimate of drug-likeness (QED) is 0.497. The van der Waals surface area contributed by atoms with Gasteiger partial charge in [0.05, 0.1) is 5.69 Å². The van der Waals surface area contributed by atoms with Gasteiger partial charge in [-0.3, -0.25) is 4.68 Å². The van der Waals surface area contributed by atoms with Gasteiger partial charge in [0.25, 0.3) is 0 Å². The molecule has 6 heteroatoms. The van der Waals surface area contributed by atoms with Gasteiger partial charge in [-0.2, -0.15) is 0 Å². The van der Waals surface area contributed by atoms with Crippen molar-refractivity contribution in [3.05, 3.63) is 11.9 Å². The molecule has 1 aromatic heterocycles. The molecule has 1 aliphatic rings. The Hall–Kier alpha value is -0.466. The van der Waals surface area contributed by atoms with Crippen LogP contribution in [0.4, 0.5) is 0 Å². The number of rotatable bonds is 9. The first-order valence-electron chi connectivity index (χ1n) is 10.2. The molecular weight excluding hydrogens is 342 g/mol. The third kappa shape index (κ3) is 5.50. The average molecular weight is 382 g/mol. The Balaban J connectivity index is 1.85. The zero-order valence-electron chi connectivity index (χ0n) is 17.5. The molecule has 1 aliphatic carbocycles. The van der Waals surface area contributed by atoms with Crippen molar-refractivity contribution in [1.82, 2.24) is 15.0 Å². The largest absolute Gasteiger partial charge is 0.455 e. The molecule has 0 bridgehead atoms. The molecule has 0 radical (unpaired) electrons. The van der Waals surface area contributed by atoms with Crippen molar-refractivity contribution in [2.24, 2.45) is 0 Å². The highest BCUT2D eigenvalue weighted by Crippen LogP contribution is 2.37. The van der Waals surface area contributed by atoms with Crippen molar-refractivity contribution in [1.29, 1.82) is 0 Å². The molecule has 0 aliphatic heterocycles. The van der Waals surface area contributed by atoms with E-state index in [-0.39, 0.29) is 0 Å². The van der Waals surface area contributed by atoms with Gasteiger partial charge in [-0.1, -0.05) is 45.7 Å². The summed E-state index contributed by atoms with van der Waals surface area (Å²) < 4.78 is 8.96. The van der Waals surface area contributed by atoms with Crippen LogP contribution in [0.15, 0.2) is 6.20 Å². The van der Waals surface area contributed by atoms with Gasteiger partial charge in [0.2, 0.25) is 0 Å². The second-order valence-corrected chi connectivity index (χ2v) is 18.9. The van der Waals surface area contributed by atoms with E-state index in [2.05, 4.69) is 68.5 Å². The lowest BCUT2D eigenvalue weighted by molar-refractivity contribution is 0.487. The molecule has 0 saturated heterocycles. The van der Waals surface area contributed by atoms with Crippen LogP contribution in [0, 0.1) is 0 Å². The lowest BCUT2D eigenvalue weighted by Gasteiger charge is -2.42. The minimum absolute atomic E-state index is 0.659. The molecule has 0 unspecified atom stereocenters. The third-order valence-electron chi connectivity index (χ3n) is 6.28. The van der Waals surface area contributed by atoms with Gasteiger partial charge in [-0.05, 0) is 56.0 Å². The number of aromatic nitrogens is 3. The predicted molar refractivity (Wildman–Crippen MR) is 111 cm³/mol. The Kier molecular flexibility index (Phi) is 7.07. The van der Waals surface area contributed by atoms with Gasteiger partial charge in [0.15, 0.2) is 16.6 Å². The van der Waals surface area contributed by atoms with Crippen LogP contribution < -0.4 is 0 Å². The highest BCUT2D eigenvalue weighted by molar-refractivity contribution is 6.86. The summed E-state index contributed by atoms with van der Waals surface area (Å²) in [7, 11) is -3.29. The second-order valence-electron chi connectivity index (χ2n) is 9.35. The van der Waals surface area contributed by atoms with E-state index in [0.29, 0.717) is 17.0 Å². The van der Waals surface area contributed by atoms with E-state index in [4.69, 9.17) is 4.12 Å². The SMILES string of the molecule is CC(C)[Si](C)(O[Si](C)(C)CCCn1cc(C2CCCC2)nn1)C(C)C. The van der Waals surface area contributed by atoms with Crippen LogP contribution in [-0.2, 0) is 10.7 Å². The first-order valence-corrected chi connectivity index (χ1v) is 15.9. The zero-order valence-corrected chi connectivity index (χ0v) is 19.5. The smallest absolute Gasteiger partial charge is 0.181 e. The minimum atomic E-state index is -1.66. The molecule has 1 saturated carbocycles. The Labute approximate surface area is 157 Å². The molecule has 0 spiro atoms. The van der Waals surface area contributed by atoms with Crippen molar-refractivity contribution in [2.75, 3.05) is 0 Å². The molecule has 0 atom stereocenters. The molecule has 2 rings (SSSR count). The van der Waals surface area contributed by atoms with Gasteiger partial charge in [-0.25, -0.2) is 0 Å². The number of hydrogen-bond acceptors (Lipinski definition) is 3. The first-order chi connectivity index (χ1) is 11.6. The summed E-state index contributed by atoms with van der Waals surface area (Å²) in [5.74, 6) is 0.659. The molecule has 0 aromatic carbocycles. The summed E-state index contributed by atoms with van der Waals surface area (Å²) >= 11 is 0. The number of hydrogen-bond donors (Lipinski definition) is 0. The van der Waals surface area contributed by atoms with Crippen LogP contribution in [0.25, 0.3) is 0 Å². The van der Waals surface area contributed by atoms with Crippen molar-refractivity contribution in [2.45, 2.75) is 109 Å². The topological polar surface area (TPSA) is 39.9 Å². The van der Waals surface area contributed by atoms with Crippen molar-refractivity contribution < 1.29 is 4.12 Å². The Morgan fingerprint density at radius 2 is 1.72 bits per heavy atom. The number of aryl methyl sites for hydroxylation is 1. The fraction of sp³-hybridized carbons (Fsp3) is 0.895. The molecule has 1 aromatic rings. The van der Waals surface area contributed by atoms with E-state index in [9.17, 15) is 0 Å². The van der Waals surface area contributed by atoms with Crippen LogP contribution in [0.5, 0.6) is 0 Å². The standard InChI is InChI=1S/C19H39N3OSi2/c1-16(2)25(7,17(3)4)23-24(5,6)14-10-13-22-15-19(20-21-22)18-11-8-9-12-18/h15-18H,8-14H2,1-7H3. The van der Waals surface area contributed by atoms with Gasteiger partial charge in [0, 0.05) is 18.7 Å². The average Bonchev–Trinajstić information content (AvgIpc) is 3.16. The summed E-state index contributed by atoms with van der Waals surface area (Å²) in [5.41, 5.74) is 2.55. The van der Waals surface area contributed by atoms with E-state index < -0.39 is 16.6 Å². The summed E-state index contributed by atoms with van der Waals surface area (Å²) in [6.07, 6.45) is 8.62. The van der Waals surface area contributed by atoms with E-state index in [1.807, 2.05) is 0 Å². The van der Waals surface area contributed by atoms with Crippen LogP contribution in [0.3, 0.4) is 0 Å². The van der Waals surface area contributed by atoms with Crippen LogP contribution >= 0.6 is 0 Å². The van der Waals surface area contributed by atoms with Crippen molar-refractivity contribution in [3.8, 4) is 0 Å². The highest BCUT2D eigenvalue weighted by Gasteiger charge is 2.41. The molecule has 0 amide bonds.